The second kappa shape index (κ2) is 29.9. The molecule has 6 aliphatic rings. The van der Waals surface area contributed by atoms with E-state index in [9.17, 15) is 74.1 Å². The molecule has 28 heteroatoms. The number of esters is 1. The number of rotatable bonds is 19. The van der Waals surface area contributed by atoms with Crippen molar-refractivity contribution in [2.75, 3.05) is 40.8 Å². The topological polar surface area (TPSA) is 434 Å². The second-order valence-electron chi connectivity index (χ2n) is 28.6. The molecule has 3 amide bonds. The number of cyclic esters (lactones) is 1. The van der Waals surface area contributed by atoms with Crippen molar-refractivity contribution in [3.05, 3.63) is 29.3 Å². The lowest BCUT2D eigenvalue weighted by molar-refractivity contribution is -0.318. The lowest BCUT2D eigenvalue weighted by atomic mass is 9.50. The third-order valence-electron chi connectivity index (χ3n) is 21.4. The molecule has 11 unspecified atom stereocenters. The molecule has 14 N–H and O–H groups in total. The van der Waals surface area contributed by atoms with E-state index in [-0.39, 0.29) is 74.5 Å². The first kappa shape index (κ1) is 76.2. The van der Waals surface area contributed by atoms with Crippen LogP contribution in [0, 0.1) is 47.3 Å². The van der Waals surface area contributed by atoms with Gasteiger partial charge in [-0.25, -0.2) is 4.79 Å². The largest absolute Gasteiger partial charge is 0.507 e. The van der Waals surface area contributed by atoms with Crippen LogP contribution in [0.25, 0.3) is 0 Å². The fourth-order valence-corrected chi connectivity index (χ4v) is 15.8. The molecule has 5 fully saturated rings. The fourth-order valence-electron chi connectivity index (χ4n) is 15.8. The number of aromatic hydroxyl groups is 1. The Bertz CT molecular complexity index is 2930. The Labute approximate surface area is 549 Å². The van der Waals surface area contributed by atoms with Crippen LogP contribution in [0.1, 0.15) is 150 Å². The SMILES string of the molecule is CC[C@H]1OC(=O)[C@H](C)[C@@H](OC2CC(C)(OC)C(OC(=O)NCCCCCC(=O)NCCNC3C(=O)C(C(N)=O)C(=O)[C@@]4(O)C(=O)C5C(=O)c6c(O)cccc6[C@@](C)(O)[C@H]5C[C@@H]34)C(C)O2)[C@H](C)[C@@H](OC2OC(C)CC(N(C)C)C2O)[C@](C)(O)C[C@@H](C)[C@H](N)[C@H](C)[C@@H](O)[C@]1(C)O. The van der Waals surface area contributed by atoms with Gasteiger partial charge in [0.1, 0.15) is 29.2 Å². The summed E-state index contributed by atoms with van der Waals surface area (Å²) >= 11 is 0. The van der Waals surface area contributed by atoms with Crippen molar-refractivity contribution in [2.24, 2.45) is 58.8 Å². The van der Waals surface area contributed by atoms with Gasteiger partial charge in [-0.05, 0) is 119 Å². The summed E-state index contributed by atoms with van der Waals surface area (Å²) in [6.45, 7) is 18.0. The molecule has 94 heavy (non-hydrogen) atoms. The van der Waals surface area contributed by atoms with Crippen molar-refractivity contribution in [1.29, 1.82) is 0 Å². The molecule has 28 nitrogen and oxygen atoms in total. The van der Waals surface area contributed by atoms with Crippen molar-refractivity contribution in [3.63, 3.8) is 0 Å². The zero-order chi connectivity index (χ0) is 70.2. The number of nitrogens with zero attached hydrogens (tertiary/aromatic N) is 1. The number of ketones is 4. The van der Waals surface area contributed by atoms with Gasteiger partial charge in [0.05, 0.1) is 65.2 Å². The number of likely N-dealkylation sites (N-methyl/N-ethyl adjacent to an activating group) is 1. The summed E-state index contributed by atoms with van der Waals surface area (Å²) in [5.41, 5.74) is 1.97. The maximum atomic E-state index is 14.6. The van der Waals surface area contributed by atoms with Gasteiger partial charge in [-0.1, -0.05) is 46.2 Å². The summed E-state index contributed by atoms with van der Waals surface area (Å²) in [5, 5.41) is 90.9. The third-order valence-corrected chi connectivity index (χ3v) is 21.4. The molecule has 0 aromatic heterocycles. The first-order chi connectivity index (χ1) is 43.7. The molecule has 530 valence electrons. The molecule has 3 saturated heterocycles. The number of ether oxygens (including phenoxy) is 7. The maximum absolute atomic E-state index is 14.6. The van der Waals surface area contributed by atoms with Gasteiger partial charge in [-0.15, -0.1) is 0 Å². The van der Waals surface area contributed by atoms with E-state index in [4.69, 9.17) is 44.6 Å². The van der Waals surface area contributed by atoms with Gasteiger partial charge < -0.3 is 101 Å². The first-order valence-electron chi connectivity index (χ1n) is 33.0. The van der Waals surface area contributed by atoms with Crippen molar-refractivity contribution < 1.29 is 107 Å². The highest BCUT2D eigenvalue weighted by molar-refractivity contribution is 6.32. The number of benzene rings is 1. The quantitative estimate of drug-likeness (QED) is 0.0510. The Balaban J connectivity index is 0.951. The number of Topliss-reactive ketones (excluding diaryl/α,β-unsaturated/α-hetero) is 4. The molecule has 0 radical (unpaired) electrons. The van der Waals surface area contributed by atoms with Crippen molar-refractivity contribution in [1.82, 2.24) is 20.9 Å². The lowest BCUT2D eigenvalue weighted by Crippen LogP contribution is -2.75. The maximum Gasteiger partial charge on any atom is 0.407 e. The van der Waals surface area contributed by atoms with Gasteiger partial charge in [0.15, 0.2) is 53.3 Å². The molecule has 0 spiro atoms. The Morgan fingerprint density at radius 3 is 2.11 bits per heavy atom. The monoisotopic (exact) mass is 1330 g/mol. The molecule has 1 aromatic carbocycles. The number of amides is 3. The lowest BCUT2D eigenvalue weighted by Gasteiger charge is -2.54. The number of aliphatic hydroxyl groups excluding tert-OH is 2. The number of hydrogen-bond acceptors (Lipinski definition) is 25. The molecular weight excluding hydrogens is 1230 g/mol. The zero-order valence-electron chi connectivity index (χ0n) is 56.7. The van der Waals surface area contributed by atoms with Crippen LogP contribution in [0.4, 0.5) is 4.79 Å². The fraction of sp³-hybridized carbons (Fsp3) is 0.788. The van der Waals surface area contributed by atoms with E-state index < -0.39 is 196 Å². The average Bonchev–Trinajstić information content (AvgIpc) is 0.692. The van der Waals surface area contributed by atoms with Crippen LogP contribution in [0.2, 0.25) is 0 Å². The number of nitrogens with one attached hydrogen (secondary N) is 3. The molecule has 7 rings (SSSR count). The summed E-state index contributed by atoms with van der Waals surface area (Å²) in [5.74, 6) is -18.1. The Morgan fingerprint density at radius 1 is 0.809 bits per heavy atom. The Morgan fingerprint density at radius 2 is 1.48 bits per heavy atom. The molecule has 2 saturated carbocycles. The van der Waals surface area contributed by atoms with E-state index in [1.807, 2.05) is 32.8 Å². The first-order valence-corrected chi connectivity index (χ1v) is 33.0. The van der Waals surface area contributed by atoms with Gasteiger partial charge in [0.2, 0.25) is 11.8 Å². The molecular formula is C66H104N6O22. The minimum atomic E-state index is -3.05. The molecule has 3 aliphatic heterocycles. The van der Waals surface area contributed by atoms with Crippen molar-refractivity contribution in [3.8, 4) is 5.75 Å². The predicted molar refractivity (Wildman–Crippen MR) is 335 cm³/mol. The number of methoxy groups -OCH3 is 1. The van der Waals surface area contributed by atoms with Crippen LogP contribution in [0.3, 0.4) is 0 Å². The van der Waals surface area contributed by atoms with Gasteiger partial charge in [0, 0.05) is 75.3 Å². The number of aliphatic hydroxyl groups is 6. The van der Waals surface area contributed by atoms with Crippen LogP contribution in [-0.4, -0.2) is 230 Å². The highest BCUT2D eigenvalue weighted by atomic mass is 16.7. The Hall–Kier alpha value is -5.18. The van der Waals surface area contributed by atoms with Crippen LogP contribution in [0.15, 0.2) is 18.2 Å². The normalized spacial score (nSPS) is 42.3. The van der Waals surface area contributed by atoms with Gasteiger partial charge >= 0.3 is 12.1 Å². The minimum Gasteiger partial charge on any atom is -0.507 e. The number of primary amides is 1. The van der Waals surface area contributed by atoms with E-state index >= 15 is 0 Å². The van der Waals surface area contributed by atoms with Crippen molar-refractivity contribution in [2.45, 2.75) is 241 Å². The van der Waals surface area contributed by atoms with Gasteiger partial charge in [0.25, 0.3) is 0 Å². The van der Waals surface area contributed by atoms with E-state index in [2.05, 4.69) is 16.0 Å². The van der Waals surface area contributed by atoms with Crippen LogP contribution < -0.4 is 27.4 Å². The minimum absolute atomic E-state index is 0.00510. The summed E-state index contributed by atoms with van der Waals surface area (Å²) in [6.07, 6.45) is -10.2. The highest BCUT2D eigenvalue weighted by Gasteiger charge is 2.71. The smallest absolute Gasteiger partial charge is 0.407 e. The molecule has 3 aliphatic carbocycles. The number of nitrogens with two attached hydrogens (primary N) is 2. The number of unbranched alkanes of at least 4 members (excludes halogenated alkanes) is 2. The van der Waals surface area contributed by atoms with E-state index in [1.54, 1.807) is 48.5 Å². The van der Waals surface area contributed by atoms with E-state index in [0.717, 1.165) is 0 Å². The molecule has 0 bridgehead atoms. The molecule has 1 aromatic rings. The number of carbonyl (C=O) groups is 8. The highest BCUT2D eigenvalue weighted by Crippen LogP contribution is 2.55. The zero-order valence-corrected chi connectivity index (χ0v) is 56.7. The second-order valence-corrected chi connectivity index (χ2v) is 28.6. The summed E-state index contributed by atoms with van der Waals surface area (Å²) in [4.78, 5) is 111. The van der Waals surface area contributed by atoms with Crippen molar-refractivity contribution >= 4 is 47.0 Å². The Kier molecular flexibility index (Phi) is 24.2. The van der Waals surface area contributed by atoms with E-state index in [1.165, 1.54) is 39.2 Å². The number of alkyl carbamates (subject to hydrolysis) is 1. The number of carbonyl (C=O) groups excluding carboxylic acids is 8. The van der Waals surface area contributed by atoms with E-state index in [0.29, 0.717) is 25.7 Å². The van der Waals surface area contributed by atoms with Crippen LogP contribution >= 0.6 is 0 Å². The van der Waals surface area contributed by atoms with Crippen LogP contribution in [0.5, 0.6) is 5.75 Å². The number of phenols is 1. The number of phenolic OH excluding ortho intramolecular Hbond substituents is 1. The summed E-state index contributed by atoms with van der Waals surface area (Å²) in [6, 6.07) is 1.27. The van der Waals surface area contributed by atoms with Gasteiger partial charge in [-0.3, -0.25) is 33.6 Å². The third kappa shape index (κ3) is 15.1. The molecule has 26 atom stereocenters. The average molecular weight is 1330 g/mol. The number of fused-ring (bicyclic) bond motifs is 3. The standard InChI is InChI=1S/C66H104N6O22/c1-15-41-65(11,86)53(78)32(4)47(67)30(2)28-62(8,84)56(93-60-49(75)39(72(12)13)26-31(3)89-60)33(5)52(34(6)59(82)91-41)92-43-29-63(9,88-14)57(35(7)90-43)94-61(83)71-23-18-16-17-22-42(74)69-24-25-70-48-38-27-37-45(50(76)44-36(64(37,10)85)20-19-21-40(44)73)54(79)66(38,87)55(80)46(51(48)77)58(68)81/h19-21,30-35,37-39,41,43,45-49,52-53,56-57,60,70,73,75,78,84-87H,15-18,22-29,67H2,1-14H3,(H2,68,81)(H,69,74)(H,71,83)/t30-,31?,32+,33+,34-,35?,37+,38+,39?,41-,43?,45?,46?,47+,48?,49?,52+,53-,56-,57?,60?,62-,63?,64-,65-,66+/m1/s1. The summed E-state index contributed by atoms with van der Waals surface area (Å²) < 4.78 is 44.5. The van der Waals surface area contributed by atoms with Crippen LogP contribution in [-0.2, 0) is 67.5 Å². The summed E-state index contributed by atoms with van der Waals surface area (Å²) in [7, 11) is 5.11. The number of hydrogen-bond donors (Lipinski definition) is 12. The molecule has 3 heterocycles. The van der Waals surface area contributed by atoms with Gasteiger partial charge in [-0.2, -0.15) is 0 Å². The predicted octanol–water partition coefficient (Wildman–Crippen LogP) is 0.528.